The molecule has 0 fully saturated rings. The van der Waals surface area contributed by atoms with E-state index in [1.807, 2.05) is 31.2 Å². The van der Waals surface area contributed by atoms with Crippen LogP contribution in [-0.2, 0) is 27.3 Å². The van der Waals surface area contributed by atoms with Crippen molar-refractivity contribution >= 4 is 39.3 Å². The number of thioether (sulfide) groups is 1. The van der Waals surface area contributed by atoms with Gasteiger partial charge in [0.25, 0.3) is 5.56 Å². The van der Waals surface area contributed by atoms with Crippen molar-refractivity contribution in [2.45, 2.75) is 51.5 Å². The Balaban J connectivity index is 1.87. The molecule has 0 saturated carbocycles. The standard InChI is InChI=1S/C22H24N2O4S2/c1-5-27-17(25)12-29-21-23-18-15-11-28-22(3,4)10-16(15)30-19(18)20(26)24(21)14-8-6-13(2)7-9-14/h6-9H,5,10-12H2,1-4H3. The topological polar surface area (TPSA) is 70.4 Å². The number of ether oxygens (including phenoxy) is 2. The SMILES string of the molecule is CCOC(=O)CSc1nc2c3c(sc2c(=O)n1-c1ccc(C)cc1)CC(C)(C)OC3. The first kappa shape index (κ1) is 21.1. The number of aromatic nitrogens is 2. The van der Waals surface area contributed by atoms with E-state index in [4.69, 9.17) is 14.5 Å². The minimum Gasteiger partial charge on any atom is -0.465 e. The molecule has 30 heavy (non-hydrogen) atoms. The normalized spacial score (nSPS) is 15.2. The fourth-order valence-corrected chi connectivity index (χ4v) is 5.63. The zero-order valence-corrected chi connectivity index (χ0v) is 19.1. The molecule has 0 atom stereocenters. The molecule has 0 bridgehead atoms. The molecule has 158 valence electrons. The quantitative estimate of drug-likeness (QED) is 0.333. The Morgan fingerprint density at radius 1 is 1.33 bits per heavy atom. The van der Waals surface area contributed by atoms with Gasteiger partial charge in [-0.1, -0.05) is 29.5 Å². The van der Waals surface area contributed by atoms with Crippen LogP contribution in [0.15, 0.2) is 34.2 Å². The number of rotatable bonds is 5. The summed E-state index contributed by atoms with van der Waals surface area (Å²) in [5.74, 6) is -0.238. The molecule has 6 nitrogen and oxygen atoms in total. The third kappa shape index (κ3) is 4.04. The highest BCUT2D eigenvalue weighted by molar-refractivity contribution is 7.99. The van der Waals surface area contributed by atoms with Crippen molar-refractivity contribution in [2.75, 3.05) is 12.4 Å². The maximum absolute atomic E-state index is 13.5. The van der Waals surface area contributed by atoms with E-state index < -0.39 is 0 Å². The lowest BCUT2D eigenvalue weighted by molar-refractivity contribution is -0.139. The molecular formula is C22H24N2O4S2. The number of benzene rings is 1. The Morgan fingerprint density at radius 3 is 2.77 bits per heavy atom. The lowest BCUT2D eigenvalue weighted by Gasteiger charge is -2.29. The number of aryl methyl sites for hydroxylation is 1. The number of esters is 1. The number of carbonyl (C=O) groups is 1. The van der Waals surface area contributed by atoms with Crippen LogP contribution in [0.3, 0.4) is 0 Å². The Hall–Kier alpha value is -2.16. The van der Waals surface area contributed by atoms with Crippen LogP contribution in [0, 0.1) is 6.92 Å². The summed E-state index contributed by atoms with van der Waals surface area (Å²) in [4.78, 5) is 31.5. The third-order valence-electron chi connectivity index (χ3n) is 4.97. The molecule has 0 saturated heterocycles. The van der Waals surface area contributed by atoms with Gasteiger partial charge in [0.1, 0.15) is 4.70 Å². The molecule has 3 heterocycles. The van der Waals surface area contributed by atoms with E-state index in [1.54, 1.807) is 11.5 Å². The van der Waals surface area contributed by atoms with E-state index in [9.17, 15) is 9.59 Å². The highest BCUT2D eigenvalue weighted by Crippen LogP contribution is 2.38. The predicted octanol–water partition coefficient (Wildman–Crippen LogP) is 4.26. The fourth-order valence-electron chi connectivity index (χ4n) is 3.44. The molecule has 0 unspecified atom stereocenters. The van der Waals surface area contributed by atoms with Crippen LogP contribution in [0.1, 0.15) is 36.8 Å². The van der Waals surface area contributed by atoms with E-state index in [0.29, 0.717) is 28.6 Å². The average molecular weight is 445 g/mol. The highest BCUT2D eigenvalue weighted by atomic mass is 32.2. The number of nitrogens with zero attached hydrogens (tertiary/aromatic N) is 2. The van der Waals surface area contributed by atoms with Gasteiger partial charge in [0.05, 0.1) is 35.8 Å². The van der Waals surface area contributed by atoms with Crippen LogP contribution in [0.4, 0.5) is 0 Å². The van der Waals surface area contributed by atoms with Crippen molar-refractivity contribution in [1.82, 2.24) is 9.55 Å². The van der Waals surface area contributed by atoms with Crippen molar-refractivity contribution in [1.29, 1.82) is 0 Å². The number of hydrogen-bond acceptors (Lipinski definition) is 7. The first-order chi connectivity index (χ1) is 14.3. The molecule has 3 aromatic rings. The van der Waals surface area contributed by atoms with Gasteiger partial charge < -0.3 is 9.47 Å². The zero-order valence-electron chi connectivity index (χ0n) is 17.5. The van der Waals surface area contributed by atoms with Crippen molar-refractivity contribution in [3.8, 4) is 5.69 Å². The third-order valence-corrected chi connectivity index (χ3v) is 7.09. The molecule has 0 amide bonds. The van der Waals surface area contributed by atoms with Crippen LogP contribution in [0.25, 0.3) is 15.9 Å². The lowest BCUT2D eigenvalue weighted by Crippen LogP contribution is -2.30. The van der Waals surface area contributed by atoms with E-state index >= 15 is 0 Å². The molecule has 0 radical (unpaired) electrons. The number of hydrogen-bond donors (Lipinski definition) is 0. The molecule has 1 aromatic carbocycles. The van der Waals surface area contributed by atoms with Gasteiger partial charge in [0.15, 0.2) is 5.16 Å². The maximum Gasteiger partial charge on any atom is 0.316 e. The molecule has 1 aliphatic rings. The summed E-state index contributed by atoms with van der Waals surface area (Å²) in [6.45, 7) is 8.64. The largest absolute Gasteiger partial charge is 0.465 e. The van der Waals surface area contributed by atoms with E-state index in [1.165, 1.54) is 23.1 Å². The zero-order chi connectivity index (χ0) is 21.5. The first-order valence-corrected chi connectivity index (χ1v) is 11.7. The summed E-state index contributed by atoms with van der Waals surface area (Å²) in [6.07, 6.45) is 0.749. The molecule has 0 N–H and O–H groups in total. The van der Waals surface area contributed by atoms with Gasteiger partial charge >= 0.3 is 5.97 Å². The summed E-state index contributed by atoms with van der Waals surface area (Å²) < 4.78 is 13.2. The van der Waals surface area contributed by atoms with Crippen LogP contribution in [0.2, 0.25) is 0 Å². The number of fused-ring (bicyclic) bond motifs is 3. The summed E-state index contributed by atoms with van der Waals surface area (Å²) in [5.41, 5.74) is 3.13. The van der Waals surface area contributed by atoms with Crippen LogP contribution in [-0.4, -0.2) is 33.5 Å². The maximum atomic E-state index is 13.5. The monoisotopic (exact) mass is 444 g/mol. The van der Waals surface area contributed by atoms with Crippen molar-refractivity contribution in [2.24, 2.45) is 0 Å². The summed E-state index contributed by atoms with van der Waals surface area (Å²) >= 11 is 2.72. The Kier molecular flexibility index (Phi) is 5.74. The molecule has 1 aliphatic heterocycles. The van der Waals surface area contributed by atoms with Crippen LogP contribution >= 0.6 is 23.1 Å². The minimum atomic E-state index is -0.329. The second-order valence-electron chi connectivity index (χ2n) is 7.87. The first-order valence-electron chi connectivity index (χ1n) is 9.86. The lowest BCUT2D eigenvalue weighted by atomic mass is 9.98. The Labute approximate surface area is 183 Å². The summed E-state index contributed by atoms with van der Waals surface area (Å²) in [5, 5.41) is 0.481. The van der Waals surface area contributed by atoms with E-state index in [2.05, 4.69) is 13.8 Å². The van der Waals surface area contributed by atoms with Gasteiger partial charge in [0.2, 0.25) is 0 Å². The summed E-state index contributed by atoms with van der Waals surface area (Å²) in [7, 11) is 0. The Morgan fingerprint density at radius 2 is 2.07 bits per heavy atom. The second kappa shape index (κ2) is 8.17. The van der Waals surface area contributed by atoms with Crippen LogP contribution in [0.5, 0.6) is 0 Å². The highest BCUT2D eigenvalue weighted by Gasteiger charge is 2.31. The fraction of sp³-hybridized carbons (Fsp3) is 0.409. The van der Waals surface area contributed by atoms with Gasteiger partial charge in [-0.2, -0.15) is 0 Å². The molecule has 8 heteroatoms. The molecule has 2 aromatic heterocycles. The Bertz CT molecular complexity index is 1160. The van der Waals surface area contributed by atoms with Gasteiger partial charge in [-0.3, -0.25) is 14.2 Å². The van der Waals surface area contributed by atoms with Crippen molar-refractivity contribution < 1.29 is 14.3 Å². The minimum absolute atomic E-state index is 0.0908. The molecule has 0 aliphatic carbocycles. The molecular weight excluding hydrogens is 420 g/mol. The van der Waals surface area contributed by atoms with Crippen molar-refractivity contribution in [3.63, 3.8) is 0 Å². The number of carbonyl (C=O) groups excluding carboxylic acids is 1. The van der Waals surface area contributed by atoms with Gasteiger partial charge in [-0.05, 0) is 39.8 Å². The molecule has 0 spiro atoms. The van der Waals surface area contributed by atoms with Gasteiger partial charge in [-0.15, -0.1) is 11.3 Å². The van der Waals surface area contributed by atoms with E-state index in [0.717, 1.165) is 28.1 Å². The van der Waals surface area contributed by atoms with Gasteiger partial charge in [0, 0.05) is 16.9 Å². The molecule has 4 rings (SSSR count). The van der Waals surface area contributed by atoms with E-state index in [-0.39, 0.29) is 22.9 Å². The average Bonchev–Trinajstić information content (AvgIpc) is 3.04. The van der Waals surface area contributed by atoms with Crippen molar-refractivity contribution in [3.05, 3.63) is 50.6 Å². The van der Waals surface area contributed by atoms with Gasteiger partial charge in [-0.25, -0.2) is 4.98 Å². The predicted molar refractivity (Wildman–Crippen MR) is 120 cm³/mol. The second-order valence-corrected chi connectivity index (χ2v) is 9.92. The smallest absolute Gasteiger partial charge is 0.316 e. The summed E-state index contributed by atoms with van der Waals surface area (Å²) in [6, 6.07) is 7.72. The van der Waals surface area contributed by atoms with Crippen LogP contribution < -0.4 is 5.56 Å². The number of thiophene rings is 1.